The van der Waals surface area contributed by atoms with E-state index in [1.165, 1.54) is 22.3 Å². The number of benzene rings is 3. The van der Waals surface area contributed by atoms with Gasteiger partial charge in [0, 0.05) is 18.2 Å². The highest BCUT2D eigenvalue weighted by molar-refractivity contribution is 5.91. The Balaban J connectivity index is 1.33. The van der Waals surface area contributed by atoms with E-state index in [1.54, 1.807) is 37.3 Å². The summed E-state index contributed by atoms with van der Waals surface area (Å²) in [6.45, 7) is 2.58. The van der Waals surface area contributed by atoms with Crippen molar-refractivity contribution in [3.05, 3.63) is 95.1 Å². The Kier molecular flexibility index (Phi) is 6.74. The Morgan fingerprint density at radius 3 is 2.30 bits per heavy atom. The number of esters is 1. The molecule has 3 aromatic carbocycles. The summed E-state index contributed by atoms with van der Waals surface area (Å²) < 4.78 is 10.5. The Labute approximate surface area is 193 Å². The van der Waals surface area contributed by atoms with Crippen molar-refractivity contribution in [1.82, 2.24) is 5.32 Å². The number of anilines is 1. The molecule has 1 amide bonds. The monoisotopic (exact) mass is 442 g/mol. The first-order valence-electron chi connectivity index (χ1n) is 10.9. The van der Waals surface area contributed by atoms with Crippen LogP contribution in [0.2, 0.25) is 0 Å². The van der Waals surface area contributed by atoms with E-state index < -0.39 is 12.1 Å². The number of alkyl carbamates (subject to hydrolysis) is 1. The van der Waals surface area contributed by atoms with Crippen LogP contribution in [0.25, 0.3) is 17.2 Å². The van der Waals surface area contributed by atoms with E-state index in [1.807, 2.05) is 24.3 Å². The van der Waals surface area contributed by atoms with Crippen LogP contribution in [0.1, 0.15) is 39.9 Å². The Morgan fingerprint density at radius 2 is 1.64 bits per heavy atom. The number of carbonyl (C=O) groups excluding carboxylic acids is 2. The van der Waals surface area contributed by atoms with E-state index in [4.69, 9.17) is 15.2 Å². The molecule has 0 unspecified atom stereocenters. The van der Waals surface area contributed by atoms with Gasteiger partial charge in [-0.2, -0.15) is 0 Å². The van der Waals surface area contributed by atoms with Gasteiger partial charge in [-0.1, -0.05) is 60.7 Å². The molecule has 0 saturated carbocycles. The van der Waals surface area contributed by atoms with E-state index in [0.29, 0.717) is 23.4 Å². The highest BCUT2D eigenvalue weighted by Crippen LogP contribution is 2.44. The lowest BCUT2D eigenvalue weighted by Gasteiger charge is -2.14. The average molecular weight is 443 g/mol. The third-order valence-electron chi connectivity index (χ3n) is 5.60. The maximum absolute atomic E-state index is 12.3. The van der Waals surface area contributed by atoms with Crippen molar-refractivity contribution >= 4 is 23.8 Å². The standard InChI is InChI=1S/C27H26N2O4/c1-2-32-26(30)19-13-14-25(28)18(16-19)8-7-15-29-27(31)33-17-24-22-11-5-3-9-20(22)21-10-4-6-12-23(21)24/h3-14,16,24H,2,15,17,28H2,1H3,(H,29,31). The number of fused-ring (bicyclic) bond motifs is 3. The second kappa shape index (κ2) is 10.0. The van der Waals surface area contributed by atoms with Crippen molar-refractivity contribution in [2.45, 2.75) is 12.8 Å². The number of nitrogens with two attached hydrogens (primary N) is 1. The Bertz CT molecular complexity index is 1160. The zero-order chi connectivity index (χ0) is 23.2. The van der Waals surface area contributed by atoms with Crippen LogP contribution in [0.4, 0.5) is 10.5 Å². The van der Waals surface area contributed by atoms with Crippen LogP contribution in [-0.4, -0.2) is 31.8 Å². The topological polar surface area (TPSA) is 90.6 Å². The van der Waals surface area contributed by atoms with Gasteiger partial charge in [-0.15, -0.1) is 0 Å². The molecule has 168 valence electrons. The minimum absolute atomic E-state index is 0.0177. The first-order chi connectivity index (χ1) is 16.1. The predicted octanol–water partition coefficient (Wildman–Crippen LogP) is 5.00. The van der Waals surface area contributed by atoms with Crippen LogP contribution >= 0.6 is 0 Å². The molecular formula is C27H26N2O4. The van der Waals surface area contributed by atoms with Gasteiger partial charge in [0.1, 0.15) is 6.61 Å². The number of nitrogen functional groups attached to an aromatic ring is 1. The normalized spacial score (nSPS) is 12.3. The summed E-state index contributed by atoms with van der Waals surface area (Å²) in [6.07, 6.45) is 3.01. The minimum Gasteiger partial charge on any atom is -0.462 e. The lowest BCUT2D eigenvalue weighted by Crippen LogP contribution is -2.26. The van der Waals surface area contributed by atoms with Gasteiger partial charge < -0.3 is 20.5 Å². The molecule has 0 heterocycles. The van der Waals surface area contributed by atoms with Gasteiger partial charge in [0.15, 0.2) is 0 Å². The number of hydrogen-bond donors (Lipinski definition) is 2. The van der Waals surface area contributed by atoms with Gasteiger partial charge in [-0.05, 0) is 52.9 Å². The molecule has 6 nitrogen and oxygen atoms in total. The van der Waals surface area contributed by atoms with E-state index >= 15 is 0 Å². The SMILES string of the molecule is CCOC(=O)c1ccc(N)c(C=CCNC(=O)OCC2c3ccccc3-c3ccccc32)c1. The molecular weight excluding hydrogens is 416 g/mol. The van der Waals surface area contributed by atoms with Crippen molar-refractivity contribution in [2.24, 2.45) is 0 Å². The molecule has 33 heavy (non-hydrogen) atoms. The number of rotatable bonds is 7. The van der Waals surface area contributed by atoms with Crippen LogP contribution in [-0.2, 0) is 9.47 Å². The smallest absolute Gasteiger partial charge is 0.407 e. The summed E-state index contributed by atoms with van der Waals surface area (Å²) in [5.41, 5.74) is 12.3. The molecule has 0 saturated heterocycles. The molecule has 0 aromatic heterocycles. The van der Waals surface area contributed by atoms with Gasteiger partial charge in [0.25, 0.3) is 0 Å². The predicted molar refractivity (Wildman–Crippen MR) is 129 cm³/mol. The van der Waals surface area contributed by atoms with Gasteiger partial charge in [0.2, 0.25) is 0 Å². The third kappa shape index (κ3) is 4.90. The summed E-state index contributed by atoms with van der Waals surface area (Å²) in [6, 6.07) is 21.4. The molecule has 1 aliphatic rings. The summed E-state index contributed by atoms with van der Waals surface area (Å²) in [5, 5.41) is 2.72. The highest BCUT2D eigenvalue weighted by atomic mass is 16.5. The minimum atomic E-state index is -0.491. The van der Waals surface area contributed by atoms with Crippen molar-refractivity contribution in [1.29, 1.82) is 0 Å². The molecule has 0 bridgehead atoms. The van der Waals surface area contributed by atoms with Crippen molar-refractivity contribution in [2.75, 3.05) is 25.5 Å². The molecule has 0 aliphatic heterocycles. The molecule has 3 aromatic rings. The number of hydrogen-bond acceptors (Lipinski definition) is 5. The Morgan fingerprint density at radius 1 is 0.970 bits per heavy atom. The maximum atomic E-state index is 12.3. The molecule has 0 fully saturated rings. The summed E-state index contributed by atoms with van der Waals surface area (Å²) in [4.78, 5) is 24.2. The zero-order valence-electron chi connectivity index (χ0n) is 18.4. The fourth-order valence-electron chi connectivity index (χ4n) is 4.04. The van der Waals surface area contributed by atoms with Crippen LogP contribution in [0, 0.1) is 0 Å². The van der Waals surface area contributed by atoms with Crippen molar-refractivity contribution in [3.63, 3.8) is 0 Å². The second-order valence-corrected chi connectivity index (χ2v) is 7.67. The number of amides is 1. The molecule has 1 aliphatic carbocycles. The Hall–Kier alpha value is -4.06. The lowest BCUT2D eigenvalue weighted by atomic mass is 9.98. The summed E-state index contributed by atoms with van der Waals surface area (Å²) in [5.74, 6) is -0.381. The van der Waals surface area contributed by atoms with Gasteiger partial charge >= 0.3 is 12.1 Å². The molecule has 0 spiro atoms. The van der Waals surface area contributed by atoms with Gasteiger partial charge in [-0.25, -0.2) is 9.59 Å². The fourth-order valence-corrected chi connectivity index (χ4v) is 4.04. The number of ether oxygens (including phenoxy) is 2. The quantitative estimate of drug-likeness (QED) is 0.397. The number of nitrogens with one attached hydrogen (secondary N) is 1. The molecule has 3 N–H and O–H groups in total. The van der Waals surface area contributed by atoms with E-state index in [0.717, 1.165) is 0 Å². The number of carbonyl (C=O) groups is 2. The average Bonchev–Trinajstić information content (AvgIpc) is 3.15. The maximum Gasteiger partial charge on any atom is 0.407 e. The highest BCUT2D eigenvalue weighted by Gasteiger charge is 2.28. The molecule has 6 heteroatoms. The van der Waals surface area contributed by atoms with Crippen molar-refractivity contribution < 1.29 is 19.1 Å². The summed E-state index contributed by atoms with van der Waals surface area (Å²) in [7, 11) is 0. The lowest BCUT2D eigenvalue weighted by molar-refractivity contribution is 0.0526. The van der Waals surface area contributed by atoms with Crippen LogP contribution in [0.5, 0.6) is 0 Å². The van der Waals surface area contributed by atoms with Crippen LogP contribution in [0.3, 0.4) is 0 Å². The van der Waals surface area contributed by atoms with Crippen molar-refractivity contribution in [3.8, 4) is 11.1 Å². The van der Waals surface area contributed by atoms with Gasteiger partial charge in [0.05, 0.1) is 12.2 Å². The molecule has 0 radical (unpaired) electrons. The first kappa shape index (κ1) is 22.1. The first-order valence-corrected chi connectivity index (χ1v) is 10.9. The van der Waals surface area contributed by atoms with E-state index in [-0.39, 0.29) is 19.1 Å². The largest absolute Gasteiger partial charge is 0.462 e. The molecule has 0 atom stereocenters. The zero-order valence-corrected chi connectivity index (χ0v) is 18.4. The van der Waals surface area contributed by atoms with E-state index in [9.17, 15) is 9.59 Å². The van der Waals surface area contributed by atoms with E-state index in [2.05, 4.69) is 29.6 Å². The molecule has 4 rings (SSSR count). The third-order valence-corrected chi connectivity index (χ3v) is 5.60. The van der Waals surface area contributed by atoms with Crippen LogP contribution in [0.15, 0.2) is 72.8 Å². The second-order valence-electron chi connectivity index (χ2n) is 7.67. The summed E-state index contributed by atoms with van der Waals surface area (Å²) >= 11 is 0. The van der Waals surface area contributed by atoms with Gasteiger partial charge in [-0.3, -0.25) is 0 Å². The fraction of sp³-hybridized carbons (Fsp3) is 0.185. The van der Waals surface area contributed by atoms with Crippen LogP contribution < -0.4 is 11.1 Å².